The molecule has 0 fully saturated rings. The number of fused-ring (bicyclic) bond motifs is 1. The average Bonchev–Trinajstić information content (AvgIpc) is 2.36. The van der Waals surface area contributed by atoms with Crippen molar-refractivity contribution in [3.05, 3.63) is 42.1 Å². The fourth-order valence-electron chi connectivity index (χ4n) is 1.81. The molecule has 0 saturated heterocycles. The van der Waals surface area contributed by atoms with Crippen LogP contribution >= 0.6 is 0 Å². The second kappa shape index (κ2) is 4.62. The first-order valence-corrected chi connectivity index (χ1v) is 5.83. The SMILES string of the molecule is CCC(C)C(N)c1ccc2ccccc2n1. The molecule has 2 nitrogen and oxygen atoms in total. The molecule has 84 valence electrons. The van der Waals surface area contributed by atoms with Gasteiger partial charge in [-0.25, -0.2) is 0 Å². The molecule has 0 radical (unpaired) electrons. The largest absolute Gasteiger partial charge is 0.322 e. The van der Waals surface area contributed by atoms with E-state index in [9.17, 15) is 0 Å². The number of nitrogens with two attached hydrogens (primary N) is 1. The van der Waals surface area contributed by atoms with Gasteiger partial charge in [-0.15, -0.1) is 0 Å². The fraction of sp³-hybridized carbons (Fsp3) is 0.357. The van der Waals surface area contributed by atoms with Crippen molar-refractivity contribution < 1.29 is 0 Å². The summed E-state index contributed by atoms with van der Waals surface area (Å²) in [5.74, 6) is 0.466. The van der Waals surface area contributed by atoms with Gasteiger partial charge in [0.25, 0.3) is 0 Å². The lowest BCUT2D eigenvalue weighted by molar-refractivity contribution is 0.449. The third-order valence-electron chi connectivity index (χ3n) is 3.22. The molecule has 0 aliphatic heterocycles. The van der Waals surface area contributed by atoms with Crippen molar-refractivity contribution in [1.29, 1.82) is 0 Å². The Balaban J connectivity index is 2.39. The molecule has 0 amide bonds. The monoisotopic (exact) mass is 214 g/mol. The van der Waals surface area contributed by atoms with E-state index in [1.807, 2.05) is 24.3 Å². The molecule has 2 unspecified atom stereocenters. The van der Waals surface area contributed by atoms with E-state index >= 15 is 0 Å². The zero-order chi connectivity index (χ0) is 11.5. The van der Waals surface area contributed by atoms with Crippen LogP contribution in [0, 0.1) is 5.92 Å². The van der Waals surface area contributed by atoms with E-state index in [0.717, 1.165) is 17.6 Å². The van der Waals surface area contributed by atoms with Crippen molar-refractivity contribution in [1.82, 2.24) is 4.98 Å². The summed E-state index contributed by atoms with van der Waals surface area (Å²) in [5.41, 5.74) is 8.20. The summed E-state index contributed by atoms with van der Waals surface area (Å²) in [7, 11) is 0. The van der Waals surface area contributed by atoms with Crippen LogP contribution in [0.3, 0.4) is 0 Å². The van der Waals surface area contributed by atoms with Crippen LogP contribution in [0.5, 0.6) is 0 Å². The first-order valence-electron chi connectivity index (χ1n) is 5.83. The van der Waals surface area contributed by atoms with Crippen LogP contribution in [0.4, 0.5) is 0 Å². The van der Waals surface area contributed by atoms with Crippen LogP contribution < -0.4 is 5.73 Å². The van der Waals surface area contributed by atoms with E-state index in [1.54, 1.807) is 0 Å². The normalized spacial score (nSPS) is 14.9. The van der Waals surface area contributed by atoms with Crippen molar-refractivity contribution in [2.45, 2.75) is 26.3 Å². The van der Waals surface area contributed by atoms with Gasteiger partial charge in [0.2, 0.25) is 0 Å². The van der Waals surface area contributed by atoms with Gasteiger partial charge < -0.3 is 5.73 Å². The molecule has 1 aromatic heterocycles. The topological polar surface area (TPSA) is 38.9 Å². The van der Waals surface area contributed by atoms with E-state index in [1.165, 1.54) is 5.39 Å². The molecule has 2 rings (SSSR count). The summed E-state index contributed by atoms with van der Waals surface area (Å²) in [6.45, 7) is 4.33. The molecule has 1 heterocycles. The molecule has 2 heteroatoms. The molecule has 0 saturated carbocycles. The first-order chi connectivity index (χ1) is 7.72. The lowest BCUT2D eigenvalue weighted by Crippen LogP contribution is -2.19. The van der Waals surface area contributed by atoms with Crippen LogP contribution in [0.15, 0.2) is 36.4 Å². The van der Waals surface area contributed by atoms with Crippen molar-refractivity contribution in [2.75, 3.05) is 0 Å². The number of aromatic nitrogens is 1. The summed E-state index contributed by atoms with van der Waals surface area (Å²) in [6.07, 6.45) is 1.08. The molecule has 1 aromatic carbocycles. The summed E-state index contributed by atoms with van der Waals surface area (Å²) in [4.78, 5) is 4.62. The standard InChI is InChI=1S/C14H18N2/c1-3-10(2)14(15)13-9-8-11-6-4-5-7-12(11)16-13/h4-10,14H,3,15H2,1-2H3. The van der Waals surface area contributed by atoms with Crippen LogP contribution in [0.25, 0.3) is 10.9 Å². The summed E-state index contributed by atoms with van der Waals surface area (Å²) in [6, 6.07) is 12.3. The van der Waals surface area contributed by atoms with E-state index in [2.05, 4.69) is 31.0 Å². The molecular weight excluding hydrogens is 196 g/mol. The quantitative estimate of drug-likeness (QED) is 0.851. The minimum atomic E-state index is 0.0367. The Hall–Kier alpha value is -1.41. The predicted octanol–water partition coefficient (Wildman–Crippen LogP) is 3.28. The molecule has 0 aliphatic rings. The van der Waals surface area contributed by atoms with E-state index in [4.69, 9.17) is 5.73 Å². The zero-order valence-electron chi connectivity index (χ0n) is 9.85. The van der Waals surface area contributed by atoms with Crippen molar-refractivity contribution in [3.63, 3.8) is 0 Å². The van der Waals surface area contributed by atoms with Gasteiger partial charge >= 0.3 is 0 Å². The van der Waals surface area contributed by atoms with Gasteiger partial charge in [-0.3, -0.25) is 4.98 Å². The Morgan fingerprint density at radius 1 is 1.19 bits per heavy atom. The lowest BCUT2D eigenvalue weighted by atomic mass is 9.96. The maximum Gasteiger partial charge on any atom is 0.0706 e. The van der Waals surface area contributed by atoms with Gasteiger partial charge in [0.15, 0.2) is 0 Å². The maximum absolute atomic E-state index is 6.18. The molecule has 0 bridgehead atoms. The fourth-order valence-corrected chi connectivity index (χ4v) is 1.81. The van der Waals surface area contributed by atoms with E-state index in [0.29, 0.717) is 5.92 Å². The van der Waals surface area contributed by atoms with Gasteiger partial charge in [-0.05, 0) is 18.1 Å². The predicted molar refractivity (Wildman–Crippen MR) is 68.1 cm³/mol. The Morgan fingerprint density at radius 3 is 2.69 bits per heavy atom. The molecule has 16 heavy (non-hydrogen) atoms. The second-order valence-electron chi connectivity index (χ2n) is 4.34. The van der Waals surface area contributed by atoms with Crippen LogP contribution in [0.2, 0.25) is 0 Å². The first kappa shape index (κ1) is 11.1. The second-order valence-corrected chi connectivity index (χ2v) is 4.34. The highest BCUT2D eigenvalue weighted by molar-refractivity contribution is 5.78. The summed E-state index contributed by atoms with van der Waals surface area (Å²) >= 11 is 0. The Labute approximate surface area is 96.5 Å². The van der Waals surface area contributed by atoms with Crippen molar-refractivity contribution >= 4 is 10.9 Å². The average molecular weight is 214 g/mol. The van der Waals surface area contributed by atoms with E-state index in [-0.39, 0.29) is 6.04 Å². The lowest BCUT2D eigenvalue weighted by Gasteiger charge is -2.17. The number of benzene rings is 1. The Bertz CT molecular complexity index is 479. The van der Waals surface area contributed by atoms with Crippen LogP contribution in [-0.4, -0.2) is 4.98 Å². The van der Waals surface area contributed by atoms with Gasteiger partial charge in [0, 0.05) is 11.4 Å². The third kappa shape index (κ3) is 2.07. The van der Waals surface area contributed by atoms with Gasteiger partial charge in [-0.2, -0.15) is 0 Å². The zero-order valence-corrected chi connectivity index (χ0v) is 9.85. The van der Waals surface area contributed by atoms with Crippen molar-refractivity contribution in [2.24, 2.45) is 11.7 Å². The molecule has 0 aliphatic carbocycles. The van der Waals surface area contributed by atoms with E-state index < -0.39 is 0 Å². The number of para-hydroxylation sites is 1. The van der Waals surface area contributed by atoms with Gasteiger partial charge in [0.05, 0.1) is 11.2 Å². The minimum Gasteiger partial charge on any atom is -0.322 e. The highest BCUT2D eigenvalue weighted by Gasteiger charge is 2.14. The number of hydrogen-bond acceptors (Lipinski definition) is 2. The number of nitrogens with zero attached hydrogens (tertiary/aromatic N) is 1. The Kier molecular flexibility index (Phi) is 3.20. The summed E-state index contributed by atoms with van der Waals surface area (Å²) < 4.78 is 0. The highest BCUT2D eigenvalue weighted by atomic mass is 14.8. The maximum atomic E-state index is 6.18. The van der Waals surface area contributed by atoms with Gasteiger partial charge in [-0.1, -0.05) is 44.5 Å². The molecule has 2 aromatic rings. The molecule has 2 N–H and O–H groups in total. The number of rotatable bonds is 3. The molecule has 2 atom stereocenters. The Morgan fingerprint density at radius 2 is 1.94 bits per heavy atom. The molecule has 0 spiro atoms. The smallest absolute Gasteiger partial charge is 0.0706 e. The van der Waals surface area contributed by atoms with Gasteiger partial charge in [0.1, 0.15) is 0 Å². The van der Waals surface area contributed by atoms with Crippen LogP contribution in [0.1, 0.15) is 32.0 Å². The number of pyridine rings is 1. The summed E-state index contributed by atoms with van der Waals surface area (Å²) in [5, 5.41) is 1.17. The van der Waals surface area contributed by atoms with Crippen LogP contribution in [-0.2, 0) is 0 Å². The third-order valence-corrected chi connectivity index (χ3v) is 3.22. The number of hydrogen-bond donors (Lipinski definition) is 1. The minimum absolute atomic E-state index is 0.0367. The van der Waals surface area contributed by atoms with Crippen molar-refractivity contribution in [3.8, 4) is 0 Å². The molecular formula is C14H18N2. The highest BCUT2D eigenvalue weighted by Crippen LogP contribution is 2.22.